The predicted molar refractivity (Wildman–Crippen MR) is 104 cm³/mol. The SMILES string of the molecule is O=c1[nH]nc(-c2ccc(Br)cc2)c2c1Nc1nnnn1[C@@H]2c1cccc(O)c1. The van der Waals surface area contributed by atoms with Crippen molar-refractivity contribution in [2.45, 2.75) is 6.04 Å². The lowest BCUT2D eigenvalue weighted by molar-refractivity contribution is 0.472. The van der Waals surface area contributed by atoms with Crippen molar-refractivity contribution in [3.05, 3.63) is 74.5 Å². The molecule has 0 saturated heterocycles. The van der Waals surface area contributed by atoms with E-state index in [2.05, 4.69) is 47.0 Å². The van der Waals surface area contributed by atoms with Gasteiger partial charge in [0.25, 0.3) is 5.56 Å². The zero-order valence-electron chi connectivity index (χ0n) is 14.2. The van der Waals surface area contributed by atoms with Gasteiger partial charge in [0.1, 0.15) is 17.5 Å². The fraction of sp³-hybridized carbons (Fsp3) is 0.0556. The van der Waals surface area contributed by atoms with Crippen molar-refractivity contribution in [1.29, 1.82) is 0 Å². The number of aromatic nitrogens is 6. The first-order chi connectivity index (χ1) is 13.6. The highest BCUT2D eigenvalue weighted by molar-refractivity contribution is 9.10. The molecular formula is C18H12BrN7O2. The topological polar surface area (TPSA) is 122 Å². The molecule has 0 radical (unpaired) electrons. The molecule has 4 aromatic rings. The molecule has 0 amide bonds. The van der Waals surface area contributed by atoms with E-state index in [1.807, 2.05) is 30.3 Å². The summed E-state index contributed by atoms with van der Waals surface area (Å²) in [6.45, 7) is 0. The minimum atomic E-state index is -0.540. The number of benzene rings is 2. The van der Waals surface area contributed by atoms with Gasteiger partial charge < -0.3 is 10.4 Å². The van der Waals surface area contributed by atoms with E-state index < -0.39 is 6.04 Å². The Morgan fingerprint density at radius 2 is 1.96 bits per heavy atom. The van der Waals surface area contributed by atoms with Crippen LogP contribution in [0.3, 0.4) is 0 Å². The Morgan fingerprint density at radius 3 is 2.75 bits per heavy atom. The number of fused-ring (bicyclic) bond motifs is 2. The molecule has 3 heterocycles. The molecule has 1 aliphatic rings. The largest absolute Gasteiger partial charge is 0.508 e. The van der Waals surface area contributed by atoms with E-state index in [1.54, 1.807) is 22.9 Å². The quantitative estimate of drug-likeness (QED) is 0.387. The van der Waals surface area contributed by atoms with Crippen molar-refractivity contribution in [3.63, 3.8) is 0 Å². The van der Waals surface area contributed by atoms with Gasteiger partial charge in [0.2, 0.25) is 5.95 Å². The molecule has 3 N–H and O–H groups in total. The molecule has 0 saturated carbocycles. The maximum Gasteiger partial charge on any atom is 0.288 e. The Hall–Kier alpha value is -3.53. The van der Waals surface area contributed by atoms with Crippen molar-refractivity contribution in [1.82, 2.24) is 30.4 Å². The predicted octanol–water partition coefficient (Wildman–Crippen LogP) is 2.59. The van der Waals surface area contributed by atoms with Crippen LogP contribution in [0.25, 0.3) is 11.3 Å². The molecule has 9 nitrogen and oxygen atoms in total. The molecule has 0 fully saturated rings. The summed E-state index contributed by atoms with van der Waals surface area (Å²) in [4.78, 5) is 12.6. The minimum Gasteiger partial charge on any atom is -0.508 e. The molecule has 0 bridgehead atoms. The first-order valence-electron chi connectivity index (χ1n) is 8.34. The molecule has 28 heavy (non-hydrogen) atoms. The molecule has 5 rings (SSSR count). The highest BCUT2D eigenvalue weighted by Crippen LogP contribution is 2.41. The molecule has 138 valence electrons. The second kappa shape index (κ2) is 6.27. The third-order valence-electron chi connectivity index (χ3n) is 4.57. The van der Waals surface area contributed by atoms with Gasteiger partial charge in [-0.25, -0.2) is 5.10 Å². The lowest BCUT2D eigenvalue weighted by Crippen LogP contribution is -2.29. The van der Waals surface area contributed by atoms with E-state index in [0.29, 0.717) is 22.9 Å². The van der Waals surface area contributed by atoms with Crippen molar-refractivity contribution in [2.24, 2.45) is 0 Å². The normalized spacial score (nSPS) is 14.8. The zero-order chi connectivity index (χ0) is 19.3. The molecule has 0 aliphatic carbocycles. The van der Waals surface area contributed by atoms with Crippen molar-refractivity contribution in [3.8, 4) is 17.0 Å². The van der Waals surface area contributed by atoms with E-state index in [-0.39, 0.29) is 11.3 Å². The summed E-state index contributed by atoms with van der Waals surface area (Å²) < 4.78 is 2.50. The van der Waals surface area contributed by atoms with E-state index in [4.69, 9.17) is 0 Å². The second-order valence-corrected chi connectivity index (χ2v) is 7.18. The van der Waals surface area contributed by atoms with Crippen LogP contribution in [0.15, 0.2) is 57.8 Å². The fourth-order valence-corrected chi connectivity index (χ4v) is 3.63. The highest BCUT2D eigenvalue weighted by Gasteiger charge is 2.34. The van der Waals surface area contributed by atoms with Crippen LogP contribution in [0, 0.1) is 0 Å². The Morgan fingerprint density at radius 1 is 1.14 bits per heavy atom. The first kappa shape index (κ1) is 16.6. The average molecular weight is 438 g/mol. The number of hydrogen-bond donors (Lipinski definition) is 3. The summed E-state index contributed by atoms with van der Waals surface area (Å²) in [5.74, 6) is 0.439. The molecule has 10 heteroatoms. The molecule has 2 aromatic carbocycles. The Balaban J connectivity index is 1.82. The molecule has 1 atom stereocenters. The zero-order valence-corrected chi connectivity index (χ0v) is 15.8. The Kier molecular flexibility index (Phi) is 3.72. The maximum absolute atomic E-state index is 12.6. The second-order valence-electron chi connectivity index (χ2n) is 6.27. The van der Waals surface area contributed by atoms with Crippen LogP contribution in [0.1, 0.15) is 17.2 Å². The molecular weight excluding hydrogens is 426 g/mol. The number of phenols is 1. The van der Waals surface area contributed by atoms with E-state index in [9.17, 15) is 9.90 Å². The van der Waals surface area contributed by atoms with Gasteiger partial charge in [-0.2, -0.15) is 9.78 Å². The Labute approximate surface area is 166 Å². The number of halogens is 1. The number of rotatable bonds is 2. The number of nitrogens with zero attached hydrogens (tertiary/aromatic N) is 5. The van der Waals surface area contributed by atoms with E-state index in [0.717, 1.165) is 15.6 Å². The highest BCUT2D eigenvalue weighted by atomic mass is 79.9. The molecule has 1 aliphatic heterocycles. The summed E-state index contributed by atoms with van der Waals surface area (Å²) in [7, 11) is 0. The number of tetrazole rings is 1. The lowest BCUT2D eigenvalue weighted by Gasteiger charge is -2.27. The van der Waals surface area contributed by atoms with Gasteiger partial charge in [-0.05, 0) is 40.3 Å². The number of aromatic hydroxyl groups is 1. The number of phenolic OH excluding ortho intramolecular Hbond substituents is 1. The lowest BCUT2D eigenvalue weighted by atomic mass is 9.92. The van der Waals surface area contributed by atoms with Crippen LogP contribution in [0.5, 0.6) is 5.75 Å². The summed E-state index contributed by atoms with van der Waals surface area (Å²) in [6, 6.07) is 13.8. The molecule has 0 spiro atoms. The summed E-state index contributed by atoms with van der Waals surface area (Å²) in [6.07, 6.45) is 0. The van der Waals surface area contributed by atoms with Crippen LogP contribution in [0.2, 0.25) is 0 Å². The maximum atomic E-state index is 12.6. The monoisotopic (exact) mass is 437 g/mol. The summed E-state index contributed by atoms with van der Waals surface area (Å²) in [5, 5.41) is 31.6. The van der Waals surface area contributed by atoms with Crippen LogP contribution >= 0.6 is 15.9 Å². The smallest absolute Gasteiger partial charge is 0.288 e. The van der Waals surface area contributed by atoms with E-state index >= 15 is 0 Å². The third kappa shape index (κ3) is 2.57. The fourth-order valence-electron chi connectivity index (χ4n) is 3.37. The number of hydrogen-bond acceptors (Lipinski definition) is 7. The van der Waals surface area contributed by atoms with E-state index in [1.165, 1.54) is 0 Å². The number of anilines is 2. The molecule has 0 unspecified atom stereocenters. The number of aromatic amines is 1. The Bertz CT molecular complexity index is 1250. The standard InChI is InChI=1S/C18H12BrN7O2/c19-11-6-4-9(5-7-11)14-13-15(17(28)22-21-14)20-18-23-24-25-26(18)16(13)10-2-1-3-12(27)8-10/h1-8,16,27H,(H,22,28)(H,20,23,25)/t16-/m1/s1. The summed E-state index contributed by atoms with van der Waals surface area (Å²) in [5.41, 5.74) is 2.70. The molecule has 2 aromatic heterocycles. The van der Waals surface area contributed by atoms with Crippen molar-refractivity contribution < 1.29 is 5.11 Å². The van der Waals surface area contributed by atoms with Gasteiger partial charge in [0.15, 0.2) is 0 Å². The number of H-pyrrole nitrogens is 1. The van der Waals surface area contributed by atoms with Crippen molar-refractivity contribution in [2.75, 3.05) is 5.32 Å². The van der Waals surface area contributed by atoms with Crippen LogP contribution < -0.4 is 10.9 Å². The first-order valence-corrected chi connectivity index (χ1v) is 9.13. The van der Waals surface area contributed by atoms with Crippen LogP contribution in [-0.4, -0.2) is 35.5 Å². The van der Waals surface area contributed by atoms with Gasteiger partial charge in [0.05, 0.1) is 5.69 Å². The van der Waals surface area contributed by atoms with Gasteiger partial charge in [-0.1, -0.05) is 45.3 Å². The minimum absolute atomic E-state index is 0.107. The van der Waals surface area contributed by atoms with Gasteiger partial charge in [-0.15, -0.1) is 0 Å². The van der Waals surface area contributed by atoms with Crippen molar-refractivity contribution >= 4 is 27.6 Å². The van der Waals surface area contributed by atoms with Gasteiger partial charge >= 0.3 is 0 Å². The van der Waals surface area contributed by atoms with Gasteiger partial charge in [-0.3, -0.25) is 4.79 Å². The number of nitrogens with one attached hydrogen (secondary N) is 2. The average Bonchev–Trinajstić information content (AvgIpc) is 3.16. The third-order valence-corrected chi connectivity index (χ3v) is 5.10. The van der Waals surface area contributed by atoms with Gasteiger partial charge in [0, 0.05) is 15.6 Å². The van der Waals surface area contributed by atoms with Crippen LogP contribution in [0.4, 0.5) is 11.6 Å². The summed E-state index contributed by atoms with van der Waals surface area (Å²) >= 11 is 3.43. The van der Waals surface area contributed by atoms with Crippen LogP contribution in [-0.2, 0) is 0 Å².